The van der Waals surface area contributed by atoms with Gasteiger partial charge in [-0.3, -0.25) is 0 Å². The van der Waals surface area contributed by atoms with Crippen LogP contribution in [0.4, 0.5) is 11.5 Å². The van der Waals surface area contributed by atoms with Gasteiger partial charge in [-0.25, -0.2) is 0 Å². The highest BCUT2D eigenvalue weighted by molar-refractivity contribution is 7.07. The summed E-state index contributed by atoms with van der Waals surface area (Å²) in [6.07, 6.45) is 0.0620. The van der Waals surface area contributed by atoms with Gasteiger partial charge in [0.25, 0.3) is 0 Å². The molecule has 0 amide bonds. The van der Waals surface area contributed by atoms with E-state index in [0.29, 0.717) is 11.6 Å². The molecule has 0 aliphatic rings. The molecular weight excluding hydrogens is 246 g/mol. The quantitative estimate of drug-likeness (QED) is 0.870. The minimum Gasteiger partial charge on any atom is -0.473 e. The third kappa shape index (κ3) is 3.37. The SMILES string of the molecule is CC(C)Oc1nc(NCc2ccsc2)ccc1N. The molecule has 0 unspecified atom stereocenters. The van der Waals surface area contributed by atoms with Crippen LogP contribution < -0.4 is 15.8 Å². The summed E-state index contributed by atoms with van der Waals surface area (Å²) >= 11 is 1.68. The summed E-state index contributed by atoms with van der Waals surface area (Å²) in [4.78, 5) is 4.36. The zero-order chi connectivity index (χ0) is 13.0. The minimum atomic E-state index is 0.0620. The first-order valence-corrected chi connectivity index (χ1v) is 6.77. The van der Waals surface area contributed by atoms with Crippen LogP contribution in [-0.2, 0) is 6.54 Å². The van der Waals surface area contributed by atoms with Gasteiger partial charge in [-0.05, 0) is 48.4 Å². The van der Waals surface area contributed by atoms with Gasteiger partial charge in [0.2, 0.25) is 5.88 Å². The van der Waals surface area contributed by atoms with Crippen LogP contribution in [0.1, 0.15) is 19.4 Å². The van der Waals surface area contributed by atoms with Crippen molar-refractivity contribution in [2.45, 2.75) is 26.5 Å². The van der Waals surface area contributed by atoms with Crippen LogP contribution in [-0.4, -0.2) is 11.1 Å². The molecule has 2 aromatic heterocycles. The van der Waals surface area contributed by atoms with E-state index in [2.05, 4.69) is 27.1 Å². The van der Waals surface area contributed by atoms with Crippen LogP contribution in [0.25, 0.3) is 0 Å². The molecule has 4 nitrogen and oxygen atoms in total. The molecular formula is C13H17N3OS. The molecule has 0 aromatic carbocycles. The number of pyridine rings is 1. The number of nitrogens with one attached hydrogen (secondary N) is 1. The highest BCUT2D eigenvalue weighted by Gasteiger charge is 2.06. The Labute approximate surface area is 111 Å². The van der Waals surface area contributed by atoms with Crippen LogP contribution in [0, 0.1) is 0 Å². The van der Waals surface area contributed by atoms with Crippen molar-refractivity contribution in [3.05, 3.63) is 34.5 Å². The third-order valence-corrected chi connectivity index (χ3v) is 3.02. The predicted octanol–water partition coefficient (Wildman–Crippen LogP) is 3.12. The van der Waals surface area contributed by atoms with E-state index >= 15 is 0 Å². The van der Waals surface area contributed by atoms with Gasteiger partial charge in [0, 0.05) is 6.54 Å². The first-order valence-electron chi connectivity index (χ1n) is 5.83. The van der Waals surface area contributed by atoms with E-state index in [0.717, 1.165) is 12.4 Å². The van der Waals surface area contributed by atoms with Crippen molar-refractivity contribution < 1.29 is 4.74 Å². The summed E-state index contributed by atoms with van der Waals surface area (Å²) in [5.74, 6) is 1.26. The lowest BCUT2D eigenvalue weighted by molar-refractivity contribution is 0.234. The van der Waals surface area contributed by atoms with Gasteiger partial charge in [-0.1, -0.05) is 0 Å². The maximum Gasteiger partial charge on any atom is 0.239 e. The fraction of sp³-hybridized carbons (Fsp3) is 0.308. The normalized spacial score (nSPS) is 10.6. The molecule has 0 aliphatic carbocycles. The zero-order valence-electron chi connectivity index (χ0n) is 10.5. The van der Waals surface area contributed by atoms with E-state index in [1.165, 1.54) is 5.56 Å². The number of nitrogens with zero attached hydrogens (tertiary/aromatic N) is 1. The summed E-state index contributed by atoms with van der Waals surface area (Å²) in [5, 5.41) is 7.41. The lowest BCUT2D eigenvalue weighted by Gasteiger charge is -2.12. The Morgan fingerprint density at radius 1 is 1.39 bits per heavy atom. The van der Waals surface area contributed by atoms with Crippen LogP contribution in [0.2, 0.25) is 0 Å². The Morgan fingerprint density at radius 3 is 2.89 bits per heavy atom. The van der Waals surface area contributed by atoms with Gasteiger partial charge in [0.1, 0.15) is 5.82 Å². The number of thiophene rings is 1. The average Bonchev–Trinajstić information content (AvgIpc) is 2.82. The predicted molar refractivity (Wildman–Crippen MR) is 76.1 cm³/mol. The molecule has 5 heteroatoms. The van der Waals surface area contributed by atoms with Crippen molar-refractivity contribution in [1.29, 1.82) is 0 Å². The molecule has 0 spiro atoms. The lowest BCUT2D eigenvalue weighted by atomic mass is 10.3. The second-order valence-electron chi connectivity index (χ2n) is 4.24. The number of aromatic nitrogens is 1. The molecule has 0 atom stereocenters. The third-order valence-electron chi connectivity index (χ3n) is 2.29. The van der Waals surface area contributed by atoms with E-state index in [-0.39, 0.29) is 6.10 Å². The number of nitrogen functional groups attached to an aromatic ring is 1. The fourth-order valence-electron chi connectivity index (χ4n) is 1.45. The maximum atomic E-state index is 5.81. The molecule has 18 heavy (non-hydrogen) atoms. The van der Waals surface area contributed by atoms with E-state index in [1.54, 1.807) is 17.4 Å². The minimum absolute atomic E-state index is 0.0620. The molecule has 0 fully saturated rings. The molecule has 0 aliphatic heterocycles. The Hall–Kier alpha value is -1.75. The topological polar surface area (TPSA) is 60.2 Å². The van der Waals surface area contributed by atoms with Crippen molar-refractivity contribution in [1.82, 2.24) is 4.98 Å². The maximum absolute atomic E-state index is 5.81. The number of hydrogen-bond acceptors (Lipinski definition) is 5. The lowest BCUT2D eigenvalue weighted by Crippen LogP contribution is -2.10. The van der Waals surface area contributed by atoms with Crippen molar-refractivity contribution in [2.75, 3.05) is 11.1 Å². The first kappa shape index (κ1) is 12.7. The standard InChI is InChI=1S/C13H17N3OS/c1-9(2)17-13-11(14)3-4-12(16-13)15-7-10-5-6-18-8-10/h3-6,8-9H,7,14H2,1-2H3,(H,15,16). The Balaban J connectivity index is 2.04. The molecule has 0 bridgehead atoms. The highest BCUT2D eigenvalue weighted by atomic mass is 32.1. The Morgan fingerprint density at radius 2 is 2.22 bits per heavy atom. The van der Waals surface area contributed by atoms with E-state index < -0.39 is 0 Å². The second kappa shape index (κ2) is 5.73. The van der Waals surface area contributed by atoms with Gasteiger partial charge >= 0.3 is 0 Å². The summed E-state index contributed by atoms with van der Waals surface area (Å²) in [6, 6.07) is 5.75. The zero-order valence-corrected chi connectivity index (χ0v) is 11.3. The van der Waals surface area contributed by atoms with Crippen LogP contribution in [0.15, 0.2) is 29.0 Å². The monoisotopic (exact) mass is 263 g/mol. The average molecular weight is 263 g/mol. The van der Waals surface area contributed by atoms with E-state index in [4.69, 9.17) is 10.5 Å². The molecule has 2 aromatic rings. The van der Waals surface area contributed by atoms with Crippen molar-refractivity contribution in [2.24, 2.45) is 0 Å². The van der Waals surface area contributed by atoms with Gasteiger partial charge in [-0.2, -0.15) is 16.3 Å². The molecule has 2 rings (SSSR count). The van der Waals surface area contributed by atoms with Gasteiger partial charge < -0.3 is 15.8 Å². The molecule has 2 heterocycles. The van der Waals surface area contributed by atoms with Crippen LogP contribution in [0.3, 0.4) is 0 Å². The summed E-state index contributed by atoms with van der Waals surface area (Å²) in [7, 11) is 0. The number of hydrogen-bond donors (Lipinski definition) is 2. The number of rotatable bonds is 5. The molecule has 96 valence electrons. The second-order valence-corrected chi connectivity index (χ2v) is 5.02. The Bertz CT molecular complexity index is 497. The number of ether oxygens (including phenoxy) is 1. The molecule has 0 saturated carbocycles. The van der Waals surface area contributed by atoms with Gasteiger partial charge in [0.15, 0.2) is 0 Å². The van der Waals surface area contributed by atoms with Crippen LogP contribution >= 0.6 is 11.3 Å². The fourth-order valence-corrected chi connectivity index (χ4v) is 2.12. The first-order chi connectivity index (χ1) is 8.65. The smallest absolute Gasteiger partial charge is 0.239 e. The number of nitrogens with two attached hydrogens (primary N) is 1. The largest absolute Gasteiger partial charge is 0.473 e. The number of anilines is 2. The van der Waals surface area contributed by atoms with Crippen molar-refractivity contribution in [3.8, 4) is 5.88 Å². The molecule has 0 radical (unpaired) electrons. The summed E-state index contributed by atoms with van der Waals surface area (Å²) in [6.45, 7) is 4.65. The highest BCUT2D eigenvalue weighted by Crippen LogP contribution is 2.22. The van der Waals surface area contributed by atoms with Crippen LogP contribution in [0.5, 0.6) is 5.88 Å². The molecule has 0 saturated heterocycles. The molecule has 3 N–H and O–H groups in total. The van der Waals surface area contributed by atoms with E-state index in [9.17, 15) is 0 Å². The van der Waals surface area contributed by atoms with Gasteiger partial charge in [-0.15, -0.1) is 0 Å². The van der Waals surface area contributed by atoms with Crippen molar-refractivity contribution >= 4 is 22.8 Å². The summed E-state index contributed by atoms with van der Waals surface area (Å²) in [5.41, 5.74) is 7.62. The Kier molecular flexibility index (Phi) is 4.04. The van der Waals surface area contributed by atoms with Gasteiger partial charge in [0.05, 0.1) is 11.8 Å². The van der Waals surface area contributed by atoms with E-state index in [1.807, 2.05) is 19.9 Å². The van der Waals surface area contributed by atoms with Crippen molar-refractivity contribution in [3.63, 3.8) is 0 Å². The summed E-state index contributed by atoms with van der Waals surface area (Å²) < 4.78 is 5.55.